The third-order valence-electron chi connectivity index (χ3n) is 6.02. The number of ether oxygens (including phenoxy) is 1. The highest BCUT2D eigenvalue weighted by molar-refractivity contribution is 7.89. The molecule has 0 spiro atoms. The first-order valence-electron chi connectivity index (χ1n) is 11.2. The lowest BCUT2D eigenvalue weighted by molar-refractivity contribution is 0.0730. The molecular weight excluding hydrogens is 424 g/mol. The van der Waals surface area contributed by atoms with Gasteiger partial charge in [0, 0.05) is 31.4 Å². The van der Waals surface area contributed by atoms with Crippen LogP contribution in [-0.4, -0.2) is 54.6 Å². The number of nitrogens with zero attached hydrogens (tertiary/aromatic N) is 4. The van der Waals surface area contributed by atoms with Crippen LogP contribution in [0.4, 0.5) is 5.69 Å². The van der Waals surface area contributed by atoms with Gasteiger partial charge in [-0.15, -0.1) is 0 Å². The van der Waals surface area contributed by atoms with Gasteiger partial charge in [-0.2, -0.15) is 4.31 Å². The number of benzene rings is 2. The first-order valence-corrected chi connectivity index (χ1v) is 12.7. The molecule has 1 aromatic heterocycles. The van der Waals surface area contributed by atoms with Crippen molar-refractivity contribution in [3.63, 3.8) is 0 Å². The fraction of sp³-hybridized carbons (Fsp3) is 0.458. The normalized spacial score (nSPS) is 15.5. The van der Waals surface area contributed by atoms with Gasteiger partial charge in [-0.25, -0.2) is 13.4 Å². The number of fused-ring (bicyclic) bond motifs is 1. The third kappa shape index (κ3) is 4.40. The first kappa shape index (κ1) is 22.8. The van der Waals surface area contributed by atoms with E-state index in [9.17, 15) is 8.42 Å². The van der Waals surface area contributed by atoms with E-state index in [4.69, 9.17) is 9.72 Å². The maximum atomic E-state index is 13.1. The minimum Gasteiger partial charge on any atom is -0.379 e. The molecule has 0 aliphatic carbocycles. The molecule has 3 aromatic rings. The number of hydrogen-bond donors (Lipinski definition) is 0. The van der Waals surface area contributed by atoms with Gasteiger partial charge in [-0.3, -0.25) is 0 Å². The van der Waals surface area contributed by atoms with Crippen LogP contribution in [0.25, 0.3) is 11.0 Å². The molecule has 32 heavy (non-hydrogen) atoms. The van der Waals surface area contributed by atoms with Gasteiger partial charge < -0.3 is 14.2 Å². The van der Waals surface area contributed by atoms with E-state index < -0.39 is 10.0 Å². The molecule has 0 saturated carbocycles. The van der Waals surface area contributed by atoms with Crippen molar-refractivity contribution >= 4 is 26.7 Å². The summed E-state index contributed by atoms with van der Waals surface area (Å²) < 4.78 is 35.2. The molecule has 8 heteroatoms. The number of imidazole rings is 1. The first-order chi connectivity index (χ1) is 15.3. The zero-order chi connectivity index (χ0) is 22.9. The number of morpholine rings is 1. The van der Waals surface area contributed by atoms with E-state index in [2.05, 4.69) is 61.4 Å². The number of rotatable bonds is 7. The van der Waals surface area contributed by atoms with Crippen LogP contribution >= 0.6 is 0 Å². The third-order valence-corrected chi connectivity index (χ3v) is 7.92. The second-order valence-electron chi connectivity index (χ2n) is 8.50. The Hall–Kier alpha value is -2.42. The van der Waals surface area contributed by atoms with Crippen LogP contribution in [0.15, 0.2) is 47.4 Å². The fourth-order valence-electron chi connectivity index (χ4n) is 4.19. The Labute approximate surface area is 190 Å². The molecule has 0 atom stereocenters. The van der Waals surface area contributed by atoms with E-state index >= 15 is 0 Å². The highest BCUT2D eigenvalue weighted by atomic mass is 32.2. The average molecular weight is 457 g/mol. The quantitative estimate of drug-likeness (QED) is 0.541. The lowest BCUT2D eigenvalue weighted by atomic mass is 10.2. The maximum Gasteiger partial charge on any atom is 0.243 e. The molecule has 1 aliphatic rings. The molecule has 1 fully saturated rings. The topological polar surface area (TPSA) is 67.7 Å². The Morgan fingerprint density at radius 2 is 1.78 bits per heavy atom. The van der Waals surface area contributed by atoms with Gasteiger partial charge in [-0.1, -0.05) is 17.7 Å². The molecule has 0 amide bonds. The molecule has 1 saturated heterocycles. The van der Waals surface area contributed by atoms with E-state index in [-0.39, 0.29) is 0 Å². The highest BCUT2D eigenvalue weighted by Crippen LogP contribution is 2.26. The van der Waals surface area contributed by atoms with E-state index in [1.807, 2.05) is 6.07 Å². The minimum absolute atomic E-state index is 0.290. The van der Waals surface area contributed by atoms with Crippen LogP contribution < -0.4 is 4.90 Å². The summed E-state index contributed by atoms with van der Waals surface area (Å²) in [5, 5.41) is 0. The fourth-order valence-corrected chi connectivity index (χ4v) is 5.62. The molecule has 0 N–H and O–H groups in total. The van der Waals surface area contributed by atoms with Crippen LogP contribution in [0.5, 0.6) is 0 Å². The van der Waals surface area contributed by atoms with Gasteiger partial charge in [0.25, 0.3) is 0 Å². The molecule has 4 rings (SSSR count). The number of aryl methyl sites for hydroxylation is 2. The lowest BCUT2D eigenvalue weighted by Crippen LogP contribution is -2.40. The minimum atomic E-state index is -3.55. The smallest absolute Gasteiger partial charge is 0.243 e. The summed E-state index contributed by atoms with van der Waals surface area (Å²) in [7, 11) is -3.55. The Kier molecular flexibility index (Phi) is 6.55. The summed E-state index contributed by atoms with van der Waals surface area (Å²) in [5.41, 5.74) is 4.04. The predicted octanol–water partition coefficient (Wildman–Crippen LogP) is 3.80. The van der Waals surface area contributed by atoms with Crippen LogP contribution in [0.2, 0.25) is 0 Å². The van der Waals surface area contributed by atoms with Crippen molar-refractivity contribution in [1.82, 2.24) is 13.9 Å². The van der Waals surface area contributed by atoms with Crippen molar-refractivity contribution in [2.75, 3.05) is 31.2 Å². The van der Waals surface area contributed by atoms with Crippen LogP contribution in [0, 0.1) is 6.92 Å². The lowest BCUT2D eigenvalue weighted by Gasteiger charge is -2.29. The summed E-state index contributed by atoms with van der Waals surface area (Å²) in [6.45, 7) is 11.6. The van der Waals surface area contributed by atoms with E-state index in [0.29, 0.717) is 49.3 Å². The van der Waals surface area contributed by atoms with Gasteiger partial charge in [0.15, 0.2) is 0 Å². The van der Waals surface area contributed by atoms with Crippen LogP contribution in [0.3, 0.4) is 0 Å². The highest BCUT2D eigenvalue weighted by Gasteiger charge is 2.27. The number of hydrogen-bond acceptors (Lipinski definition) is 5. The summed E-state index contributed by atoms with van der Waals surface area (Å²) in [6.07, 6.45) is 0. The standard InChI is InChI=1S/C24H32N4O3S/c1-5-27-23-11-10-21(32(29,30)26-12-14-31-15-13-26)16-22(23)25-24(27)17-28(18(2)3)20-8-6-19(4)7-9-20/h6-11,16,18H,5,12-15,17H2,1-4H3. The summed E-state index contributed by atoms with van der Waals surface area (Å²) >= 11 is 0. The molecule has 0 radical (unpaired) electrons. The van der Waals surface area contributed by atoms with E-state index in [1.165, 1.54) is 9.87 Å². The number of aromatic nitrogens is 2. The largest absolute Gasteiger partial charge is 0.379 e. The van der Waals surface area contributed by atoms with Crippen molar-refractivity contribution in [3.8, 4) is 0 Å². The number of sulfonamides is 1. The summed E-state index contributed by atoms with van der Waals surface area (Å²) in [6, 6.07) is 14.1. The zero-order valence-corrected chi connectivity index (χ0v) is 20.1. The molecule has 172 valence electrons. The van der Waals surface area contributed by atoms with Crippen LogP contribution in [-0.2, 0) is 27.8 Å². The van der Waals surface area contributed by atoms with Crippen molar-refractivity contribution < 1.29 is 13.2 Å². The van der Waals surface area contributed by atoms with Gasteiger partial charge in [0.05, 0.1) is 35.7 Å². The number of anilines is 1. The Morgan fingerprint density at radius 1 is 1.09 bits per heavy atom. The SMILES string of the molecule is CCn1c(CN(c2ccc(C)cc2)C(C)C)nc2cc(S(=O)(=O)N3CCOCC3)ccc21. The Morgan fingerprint density at radius 3 is 2.41 bits per heavy atom. The molecular formula is C24H32N4O3S. The summed E-state index contributed by atoms with van der Waals surface area (Å²) in [5.74, 6) is 0.928. The van der Waals surface area contributed by atoms with Gasteiger partial charge in [0.1, 0.15) is 5.82 Å². The zero-order valence-electron chi connectivity index (χ0n) is 19.3. The predicted molar refractivity (Wildman–Crippen MR) is 127 cm³/mol. The molecule has 2 aromatic carbocycles. The van der Waals surface area contributed by atoms with Crippen molar-refractivity contribution in [2.45, 2.75) is 51.7 Å². The van der Waals surface area contributed by atoms with Crippen molar-refractivity contribution in [2.24, 2.45) is 0 Å². The van der Waals surface area contributed by atoms with Crippen LogP contribution in [0.1, 0.15) is 32.2 Å². The van der Waals surface area contributed by atoms with Crippen molar-refractivity contribution in [3.05, 3.63) is 53.9 Å². The van der Waals surface area contributed by atoms with E-state index in [0.717, 1.165) is 23.6 Å². The Balaban J connectivity index is 1.70. The molecule has 1 aliphatic heterocycles. The second kappa shape index (κ2) is 9.21. The van der Waals surface area contributed by atoms with Gasteiger partial charge in [-0.05, 0) is 58.0 Å². The molecule has 0 unspecified atom stereocenters. The summed E-state index contributed by atoms with van der Waals surface area (Å²) in [4.78, 5) is 7.49. The van der Waals surface area contributed by atoms with Crippen molar-refractivity contribution in [1.29, 1.82) is 0 Å². The second-order valence-corrected chi connectivity index (χ2v) is 10.4. The molecule has 7 nitrogen and oxygen atoms in total. The van der Waals surface area contributed by atoms with Gasteiger partial charge >= 0.3 is 0 Å². The monoisotopic (exact) mass is 456 g/mol. The average Bonchev–Trinajstić information content (AvgIpc) is 3.15. The van der Waals surface area contributed by atoms with E-state index in [1.54, 1.807) is 12.1 Å². The molecule has 2 heterocycles. The van der Waals surface area contributed by atoms with Gasteiger partial charge in [0.2, 0.25) is 10.0 Å². The maximum absolute atomic E-state index is 13.1. The Bertz CT molecular complexity index is 1180. The molecule has 0 bridgehead atoms.